The molecule has 1 aromatic carbocycles. The van der Waals surface area contributed by atoms with E-state index in [1.807, 2.05) is 12.1 Å². The Hall–Kier alpha value is -1.20. The molecule has 0 aliphatic carbocycles. The molecule has 0 radical (unpaired) electrons. The Morgan fingerprint density at radius 2 is 1.88 bits per heavy atom. The normalized spacial score (nSPS) is 26.9. The molecule has 0 amide bonds. The average molecular weight is 247 g/mol. The molecule has 0 N–H and O–H groups in total. The van der Waals surface area contributed by atoms with Crippen LogP contribution in [0.4, 0.5) is 5.69 Å². The summed E-state index contributed by atoms with van der Waals surface area (Å²) < 4.78 is 0. The molecule has 3 rings (SSSR count). The second-order valence-corrected chi connectivity index (χ2v) is 5.41. The van der Waals surface area contributed by atoms with E-state index in [0.29, 0.717) is 17.6 Å². The minimum Gasteiger partial charge on any atom is -0.364 e. The topological polar surface area (TPSA) is 27.0 Å². The molecule has 0 spiro atoms. The van der Waals surface area contributed by atoms with Gasteiger partial charge < -0.3 is 4.90 Å². The number of rotatable bonds is 1. The van der Waals surface area contributed by atoms with Crippen LogP contribution in [0.25, 0.3) is 0 Å². The number of halogens is 1. The van der Waals surface area contributed by atoms with Crippen LogP contribution in [0.5, 0.6) is 0 Å². The van der Waals surface area contributed by atoms with Crippen molar-refractivity contribution in [1.29, 1.82) is 5.26 Å². The molecule has 2 saturated heterocycles. The molecule has 2 heterocycles. The molecule has 17 heavy (non-hydrogen) atoms. The zero-order valence-electron chi connectivity index (χ0n) is 9.69. The van der Waals surface area contributed by atoms with E-state index in [2.05, 4.69) is 11.0 Å². The number of benzene rings is 1. The van der Waals surface area contributed by atoms with Gasteiger partial charge in [0.05, 0.1) is 22.3 Å². The van der Waals surface area contributed by atoms with Gasteiger partial charge in [0.25, 0.3) is 0 Å². The summed E-state index contributed by atoms with van der Waals surface area (Å²) in [5.41, 5.74) is 1.76. The molecule has 0 aromatic heterocycles. The third-order valence-electron chi connectivity index (χ3n) is 4.05. The Morgan fingerprint density at radius 1 is 1.18 bits per heavy atom. The fourth-order valence-corrected chi connectivity index (χ4v) is 3.57. The number of nitrogens with zero attached hydrogens (tertiary/aromatic N) is 2. The van der Waals surface area contributed by atoms with E-state index < -0.39 is 0 Å². The van der Waals surface area contributed by atoms with Gasteiger partial charge in [0.1, 0.15) is 0 Å². The van der Waals surface area contributed by atoms with Crippen molar-refractivity contribution >= 4 is 17.3 Å². The van der Waals surface area contributed by atoms with Crippen molar-refractivity contribution in [2.75, 3.05) is 4.90 Å². The standard InChI is InChI=1S/C14H15ClN2/c15-13-8-10(9-16)4-7-14(13)17-11-2-1-3-12(17)6-5-11/h4,7-8,11-12H,1-3,5-6H2/t11-,12?/m0/s1. The molecule has 2 aliphatic rings. The molecule has 1 aromatic rings. The lowest BCUT2D eigenvalue weighted by Gasteiger charge is -2.37. The van der Waals surface area contributed by atoms with Gasteiger partial charge in [0.2, 0.25) is 0 Å². The van der Waals surface area contributed by atoms with Gasteiger partial charge in [-0.15, -0.1) is 0 Å². The highest BCUT2D eigenvalue weighted by Crippen LogP contribution is 2.41. The Balaban J connectivity index is 1.97. The molecule has 2 atom stereocenters. The van der Waals surface area contributed by atoms with Crippen LogP contribution in [0.2, 0.25) is 5.02 Å². The smallest absolute Gasteiger partial charge is 0.0992 e. The van der Waals surface area contributed by atoms with Crippen molar-refractivity contribution in [3.63, 3.8) is 0 Å². The van der Waals surface area contributed by atoms with Gasteiger partial charge >= 0.3 is 0 Å². The number of piperidine rings is 1. The fraction of sp³-hybridized carbons (Fsp3) is 0.500. The second kappa shape index (κ2) is 4.23. The molecule has 2 fully saturated rings. The summed E-state index contributed by atoms with van der Waals surface area (Å²) in [6.07, 6.45) is 6.50. The first-order valence-electron chi connectivity index (χ1n) is 6.27. The molecular formula is C14H15ClN2. The van der Waals surface area contributed by atoms with Gasteiger partial charge in [-0.2, -0.15) is 5.26 Å². The van der Waals surface area contributed by atoms with Crippen LogP contribution in [-0.2, 0) is 0 Å². The summed E-state index contributed by atoms with van der Waals surface area (Å²) in [4.78, 5) is 2.49. The van der Waals surface area contributed by atoms with Crippen LogP contribution in [0.1, 0.15) is 37.7 Å². The first kappa shape index (κ1) is 10.9. The maximum Gasteiger partial charge on any atom is 0.0992 e. The van der Waals surface area contributed by atoms with Crippen LogP contribution >= 0.6 is 11.6 Å². The highest BCUT2D eigenvalue weighted by atomic mass is 35.5. The zero-order valence-corrected chi connectivity index (χ0v) is 10.5. The van der Waals surface area contributed by atoms with E-state index in [9.17, 15) is 0 Å². The Morgan fingerprint density at radius 3 is 2.47 bits per heavy atom. The lowest BCUT2D eigenvalue weighted by atomic mass is 10.0. The monoisotopic (exact) mass is 246 g/mol. The summed E-state index contributed by atoms with van der Waals surface area (Å²) in [7, 11) is 0. The fourth-order valence-electron chi connectivity index (χ4n) is 3.30. The number of fused-ring (bicyclic) bond motifs is 2. The molecular weight excluding hydrogens is 232 g/mol. The molecule has 2 nitrogen and oxygen atoms in total. The predicted molar refractivity (Wildman–Crippen MR) is 69.3 cm³/mol. The summed E-state index contributed by atoms with van der Waals surface area (Å²) >= 11 is 6.31. The van der Waals surface area contributed by atoms with Crippen molar-refractivity contribution in [2.24, 2.45) is 0 Å². The average Bonchev–Trinajstić information content (AvgIpc) is 2.59. The van der Waals surface area contributed by atoms with Gasteiger partial charge in [0.15, 0.2) is 0 Å². The first-order chi connectivity index (χ1) is 8.29. The summed E-state index contributed by atoms with van der Waals surface area (Å²) in [5.74, 6) is 0. The highest BCUT2D eigenvalue weighted by molar-refractivity contribution is 6.33. The summed E-state index contributed by atoms with van der Waals surface area (Å²) in [6.45, 7) is 0. The molecule has 3 heteroatoms. The number of hydrogen-bond donors (Lipinski definition) is 0. The van der Waals surface area contributed by atoms with E-state index in [-0.39, 0.29) is 0 Å². The maximum absolute atomic E-state index is 8.86. The minimum atomic E-state index is 0.642. The van der Waals surface area contributed by atoms with Crippen molar-refractivity contribution in [3.8, 4) is 6.07 Å². The van der Waals surface area contributed by atoms with Crippen LogP contribution < -0.4 is 4.90 Å². The van der Waals surface area contributed by atoms with E-state index >= 15 is 0 Å². The van der Waals surface area contributed by atoms with Crippen molar-refractivity contribution < 1.29 is 0 Å². The molecule has 0 saturated carbocycles. The molecule has 2 aliphatic heterocycles. The number of anilines is 1. The van der Waals surface area contributed by atoms with Crippen molar-refractivity contribution in [2.45, 2.75) is 44.2 Å². The lowest BCUT2D eigenvalue weighted by Crippen LogP contribution is -2.39. The molecule has 88 valence electrons. The lowest BCUT2D eigenvalue weighted by molar-refractivity contribution is 0.468. The quantitative estimate of drug-likeness (QED) is 0.755. The van der Waals surface area contributed by atoms with Gasteiger partial charge in [-0.25, -0.2) is 0 Å². The van der Waals surface area contributed by atoms with E-state index in [1.165, 1.54) is 32.1 Å². The number of nitriles is 1. The van der Waals surface area contributed by atoms with Gasteiger partial charge in [-0.3, -0.25) is 0 Å². The Bertz CT molecular complexity index is 462. The second-order valence-electron chi connectivity index (χ2n) is 5.00. The zero-order chi connectivity index (χ0) is 11.8. The van der Waals surface area contributed by atoms with E-state index in [1.54, 1.807) is 6.07 Å². The Labute approximate surface area is 107 Å². The summed E-state index contributed by atoms with van der Waals surface area (Å²) in [6, 6.07) is 9.13. The molecule has 2 bridgehead atoms. The highest BCUT2D eigenvalue weighted by Gasteiger charge is 2.37. The van der Waals surface area contributed by atoms with Gasteiger partial charge in [-0.05, 0) is 50.3 Å². The largest absolute Gasteiger partial charge is 0.364 e. The van der Waals surface area contributed by atoms with E-state index in [0.717, 1.165) is 10.7 Å². The van der Waals surface area contributed by atoms with Crippen molar-refractivity contribution in [3.05, 3.63) is 28.8 Å². The maximum atomic E-state index is 8.86. The number of hydrogen-bond acceptors (Lipinski definition) is 2. The van der Waals surface area contributed by atoms with Crippen LogP contribution in [0.15, 0.2) is 18.2 Å². The van der Waals surface area contributed by atoms with Crippen LogP contribution in [0.3, 0.4) is 0 Å². The Kier molecular flexibility index (Phi) is 2.72. The third-order valence-corrected chi connectivity index (χ3v) is 4.35. The molecule has 1 unspecified atom stereocenters. The first-order valence-corrected chi connectivity index (χ1v) is 6.65. The summed E-state index contributed by atoms with van der Waals surface area (Å²) in [5, 5.41) is 9.58. The van der Waals surface area contributed by atoms with Crippen LogP contribution in [-0.4, -0.2) is 12.1 Å². The minimum absolute atomic E-state index is 0.642. The van der Waals surface area contributed by atoms with Gasteiger partial charge in [0, 0.05) is 12.1 Å². The van der Waals surface area contributed by atoms with Crippen molar-refractivity contribution in [1.82, 2.24) is 0 Å². The SMILES string of the molecule is N#Cc1ccc(N2C3CCC[C@H]2CC3)c(Cl)c1. The van der Waals surface area contributed by atoms with Crippen LogP contribution in [0, 0.1) is 11.3 Å². The third kappa shape index (κ3) is 1.79. The predicted octanol–water partition coefficient (Wildman–Crippen LogP) is 3.73. The van der Waals surface area contributed by atoms with Gasteiger partial charge in [-0.1, -0.05) is 11.6 Å². The van der Waals surface area contributed by atoms with E-state index in [4.69, 9.17) is 16.9 Å².